The molecule has 0 fully saturated rings. The molecule has 0 aliphatic carbocycles. The van der Waals surface area contributed by atoms with Crippen molar-refractivity contribution < 1.29 is 19.5 Å². The van der Waals surface area contributed by atoms with Gasteiger partial charge in [-0.2, -0.15) is 0 Å². The smallest absolute Gasteiger partial charge is 0.335 e. The highest BCUT2D eigenvalue weighted by molar-refractivity contribution is 5.89. The van der Waals surface area contributed by atoms with E-state index in [0.717, 1.165) is 11.1 Å². The van der Waals surface area contributed by atoms with E-state index in [-0.39, 0.29) is 23.4 Å². The molecule has 1 atom stereocenters. The SMILES string of the molecule is CC(=O)Nc1cccc(C(C)NC(=O)CCc2ccc(C(=O)O)cc2)c1. The van der Waals surface area contributed by atoms with Gasteiger partial charge in [-0.3, -0.25) is 9.59 Å². The molecule has 3 N–H and O–H groups in total. The quantitative estimate of drug-likeness (QED) is 0.712. The van der Waals surface area contributed by atoms with Gasteiger partial charge in [-0.1, -0.05) is 24.3 Å². The van der Waals surface area contributed by atoms with Crippen LogP contribution in [0.1, 0.15) is 47.8 Å². The van der Waals surface area contributed by atoms with Crippen molar-refractivity contribution >= 4 is 23.5 Å². The monoisotopic (exact) mass is 354 g/mol. The standard InChI is InChI=1S/C20H22N2O4/c1-13(17-4-3-5-18(12-17)22-14(2)23)21-19(24)11-8-15-6-9-16(10-7-15)20(25)26/h3-7,9-10,12-13H,8,11H2,1-2H3,(H,21,24)(H,22,23)(H,25,26). The van der Waals surface area contributed by atoms with Crippen LogP contribution in [0.3, 0.4) is 0 Å². The predicted octanol–water partition coefficient (Wildman–Crippen LogP) is 3.15. The molecule has 0 aliphatic rings. The molecule has 0 heterocycles. The number of nitrogens with one attached hydrogen (secondary N) is 2. The average molecular weight is 354 g/mol. The molecule has 6 nitrogen and oxygen atoms in total. The minimum absolute atomic E-state index is 0.0928. The highest BCUT2D eigenvalue weighted by Crippen LogP contribution is 2.17. The van der Waals surface area contributed by atoms with Crippen LogP contribution in [0.5, 0.6) is 0 Å². The maximum absolute atomic E-state index is 12.2. The van der Waals surface area contributed by atoms with E-state index in [1.807, 2.05) is 25.1 Å². The van der Waals surface area contributed by atoms with Gasteiger partial charge in [-0.15, -0.1) is 0 Å². The zero-order valence-corrected chi connectivity index (χ0v) is 14.8. The van der Waals surface area contributed by atoms with Gasteiger partial charge in [-0.25, -0.2) is 4.79 Å². The van der Waals surface area contributed by atoms with E-state index in [1.165, 1.54) is 19.1 Å². The number of rotatable bonds is 7. The van der Waals surface area contributed by atoms with Crippen LogP contribution in [0.15, 0.2) is 48.5 Å². The maximum atomic E-state index is 12.2. The molecule has 0 bridgehead atoms. The molecule has 0 aromatic heterocycles. The van der Waals surface area contributed by atoms with E-state index in [9.17, 15) is 14.4 Å². The Hall–Kier alpha value is -3.15. The third-order valence-electron chi connectivity index (χ3n) is 3.93. The number of carbonyl (C=O) groups excluding carboxylic acids is 2. The number of aryl methyl sites for hydroxylation is 1. The number of aromatic carboxylic acids is 1. The third-order valence-corrected chi connectivity index (χ3v) is 3.93. The fourth-order valence-electron chi connectivity index (χ4n) is 2.56. The first kappa shape index (κ1) is 19.2. The molecule has 0 saturated carbocycles. The summed E-state index contributed by atoms with van der Waals surface area (Å²) in [6, 6.07) is 13.7. The highest BCUT2D eigenvalue weighted by atomic mass is 16.4. The minimum Gasteiger partial charge on any atom is -0.478 e. The lowest BCUT2D eigenvalue weighted by atomic mass is 10.1. The van der Waals surface area contributed by atoms with Crippen molar-refractivity contribution in [1.82, 2.24) is 5.32 Å². The van der Waals surface area contributed by atoms with Gasteiger partial charge in [0.05, 0.1) is 11.6 Å². The first-order valence-electron chi connectivity index (χ1n) is 8.34. The summed E-state index contributed by atoms with van der Waals surface area (Å²) in [6.07, 6.45) is 0.840. The zero-order chi connectivity index (χ0) is 19.1. The largest absolute Gasteiger partial charge is 0.478 e. The van der Waals surface area contributed by atoms with Crippen LogP contribution in [0, 0.1) is 0 Å². The van der Waals surface area contributed by atoms with Crippen LogP contribution in [0.4, 0.5) is 5.69 Å². The molecular weight excluding hydrogens is 332 g/mol. The van der Waals surface area contributed by atoms with Gasteiger partial charge in [0.1, 0.15) is 0 Å². The number of carboxylic acids is 1. The number of hydrogen-bond acceptors (Lipinski definition) is 3. The van der Waals surface area contributed by atoms with Crippen molar-refractivity contribution in [3.05, 3.63) is 65.2 Å². The summed E-state index contributed by atoms with van der Waals surface area (Å²) in [6.45, 7) is 3.33. The maximum Gasteiger partial charge on any atom is 0.335 e. The van der Waals surface area contributed by atoms with Gasteiger partial charge >= 0.3 is 5.97 Å². The molecular formula is C20H22N2O4. The normalized spacial score (nSPS) is 11.5. The fraction of sp³-hybridized carbons (Fsp3) is 0.250. The summed E-state index contributed by atoms with van der Waals surface area (Å²) >= 11 is 0. The van der Waals surface area contributed by atoms with Crippen molar-refractivity contribution in [3.63, 3.8) is 0 Å². The molecule has 1 unspecified atom stereocenters. The van der Waals surface area contributed by atoms with E-state index in [0.29, 0.717) is 18.5 Å². The molecule has 2 aromatic carbocycles. The molecule has 136 valence electrons. The number of hydrogen-bond donors (Lipinski definition) is 3. The topological polar surface area (TPSA) is 95.5 Å². The second kappa shape index (κ2) is 8.80. The van der Waals surface area contributed by atoms with Gasteiger partial charge in [0.2, 0.25) is 11.8 Å². The summed E-state index contributed by atoms with van der Waals surface area (Å²) < 4.78 is 0. The fourth-order valence-corrected chi connectivity index (χ4v) is 2.56. The summed E-state index contributed by atoms with van der Waals surface area (Å²) in [4.78, 5) is 34.1. The van der Waals surface area contributed by atoms with Gasteiger partial charge in [0, 0.05) is 19.0 Å². The number of amides is 2. The van der Waals surface area contributed by atoms with Crippen LogP contribution in [0.2, 0.25) is 0 Å². The molecule has 6 heteroatoms. The Morgan fingerprint density at radius 1 is 1.08 bits per heavy atom. The van der Waals surface area contributed by atoms with Crippen molar-refractivity contribution in [1.29, 1.82) is 0 Å². The zero-order valence-electron chi connectivity index (χ0n) is 14.8. The van der Waals surface area contributed by atoms with E-state index >= 15 is 0 Å². The summed E-state index contributed by atoms with van der Waals surface area (Å²) in [7, 11) is 0. The van der Waals surface area contributed by atoms with E-state index in [1.54, 1.807) is 18.2 Å². The molecule has 2 rings (SSSR count). The Morgan fingerprint density at radius 3 is 2.38 bits per heavy atom. The molecule has 2 aromatic rings. The summed E-state index contributed by atoms with van der Waals surface area (Å²) in [5.41, 5.74) is 2.72. The van der Waals surface area contributed by atoms with Crippen LogP contribution in [0.25, 0.3) is 0 Å². The number of carbonyl (C=O) groups is 3. The van der Waals surface area contributed by atoms with Crippen molar-refractivity contribution in [2.75, 3.05) is 5.32 Å². The van der Waals surface area contributed by atoms with Crippen molar-refractivity contribution in [3.8, 4) is 0 Å². The Morgan fingerprint density at radius 2 is 1.77 bits per heavy atom. The van der Waals surface area contributed by atoms with Gasteiger partial charge in [-0.05, 0) is 48.7 Å². The third kappa shape index (κ3) is 5.73. The first-order valence-corrected chi connectivity index (χ1v) is 8.34. The van der Waals surface area contributed by atoms with Crippen molar-refractivity contribution in [2.24, 2.45) is 0 Å². The Labute approximate surface area is 152 Å². The Bertz CT molecular complexity index is 800. The molecule has 0 spiro atoms. The van der Waals surface area contributed by atoms with Crippen molar-refractivity contribution in [2.45, 2.75) is 32.7 Å². The molecule has 0 aliphatic heterocycles. The number of carboxylic acid groups (broad SMARTS) is 1. The number of anilines is 1. The molecule has 0 radical (unpaired) electrons. The second-order valence-electron chi connectivity index (χ2n) is 6.10. The Kier molecular flexibility index (Phi) is 6.49. The minimum atomic E-state index is -0.968. The second-order valence-corrected chi connectivity index (χ2v) is 6.10. The van der Waals surface area contributed by atoms with Crippen LogP contribution >= 0.6 is 0 Å². The summed E-state index contributed by atoms with van der Waals surface area (Å²) in [5, 5.41) is 14.5. The Balaban J connectivity index is 1.88. The van der Waals surface area contributed by atoms with Gasteiger partial charge < -0.3 is 15.7 Å². The summed E-state index contributed by atoms with van der Waals surface area (Å²) in [5.74, 6) is -1.21. The average Bonchev–Trinajstić information content (AvgIpc) is 2.60. The van der Waals surface area contributed by atoms with E-state index in [2.05, 4.69) is 10.6 Å². The molecule has 2 amide bonds. The highest BCUT2D eigenvalue weighted by Gasteiger charge is 2.11. The van der Waals surface area contributed by atoms with Crippen LogP contribution in [-0.2, 0) is 16.0 Å². The van der Waals surface area contributed by atoms with Gasteiger partial charge in [0.25, 0.3) is 0 Å². The van der Waals surface area contributed by atoms with Crippen LogP contribution in [-0.4, -0.2) is 22.9 Å². The van der Waals surface area contributed by atoms with E-state index in [4.69, 9.17) is 5.11 Å². The van der Waals surface area contributed by atoms with E-state index < -0.39 is 5.97 Å². The van der Waals surface area contributed by atoms with Crippen LogP contribution < -0.4 is 10.6 Å². The molecule has 0 saturated heterocycles. The molecule has 26 heavy (non-hydrogen) atoms. The lowest BCUT2D eigenvalue weighted by Gasteiger charge is -2.15. The lowest BCUT2D eigenvalue weighted by Crippen LogP contribution is -2.26. The first-order chi connectivity index (χ1) is 12.3. The number of benzene rings is 2. The predicted molar refractivity (Wildman–Crippen MR) is 99.0 cm³/mol. The van der Waals surface area contributed by atoms with Gasteiger partial charge in [0.15, 0.2) is 0 Å². The lowest BCUT2D eigenvalue weighted by molar-refractivity contribution is -0.121.